The molecule has 1 heterocycles. The molecular formula is C41H53ClN4O12. The van der Waals surface area contributed by atoms with Gasteiger partial charge in [-0.3, -0.25) is 19.2 Å². The molecular weight excluding hydrogens is 776 g/mol. The van der Waals surface area contributed by atoms with E-state index in [4.69, 9.17) is 30.5 Å². The van der Waals surface area contributed by atoms with Crippen molar-refractivity contribution in [1.82, 2.24) is 19.6 Å². The zero-order valence-electron chi connectivity index (χ0n) is 34.7. The third kappa shape index (κ3) is 11.8. The number of halogens is 1. The Balaban J connectivity index is 2.02. The highest BCUT2D eigenvalue weighted by molar-refractivity contribution is 6.30. The van der Waals surface area contributed by atoms with Crippen molar-refractivity contribution in [3.05, 3.63) is 70.2 Å². The van der Waals surface area contributed by atoms with Crippen molar-refractivity contribution in [3.8, 4) is 0 Å². The van der Waals surface area contributed by atoms with Crippen molar-refractivity contribution >= 4 is 59.1 Å². The van der Waals surface area contributed by atoms with Crippen LogP contribution in [0.1, 0.15) is 58.2 Å². The van der Waals surface area contributed by atoms with Gasteiger partial charge in [-0.25, -0.2) is 19.2 Å². The first-order valence-corrected chi connectivity index (χ1v) is 19.1. The molecule has 0 N–H and O–H groups in total. The Kier molecular flexibility index (Phi) is 16.4. The molecule has 316 valence electrons. The largest absolute Gasteiger partial charge is 0.451 e. The summed E-state index contributed by atoms with van der Waals surface area (Å²) in [4.78, 5) is 113. The molecule has 1 aliphatic rings. The fourth-order valence-electron chi connectivity index (χ4n) is 5.84. The molecule has 8 atom stereocenters. The molecule has 0 spiro atoms. The second-order valence-corrected chi connectivity index (χ2v) is 15.0. The lowest BCUT2D eigenvalue weighted by Gasteiger charge is -2.32. The summed E-state index contributed by atoms with van der Waals surface area (Å²) < 4.78 is 22.3. The van der Waals surface area contributed by atoms with E-state index in [0.29, 0.717) is 16.1 Å². The topological polar surface area (TPSA) is 186 Å². The quantitative estimate of drug-likeness (QED) is 0.325. The van der Waals surface area contributed by atoms with Crippen LogP contribution in [0.3, 0.4) is 0 Å². The first-order valence-electron chi connectivity index (χ1n) is 18.7. The molecule has 8 unspecified atom stereocenters. The average molecular weight is 829 g/mol. The van der Waals surface area contributed by atoms with E-state index in [1.807, 2.05) is 13.0 Å². The van der Waals surface area contributed by atoms with Crippen molar-refractivity contribution in [2.24, 2.45) is 0 Å². The third-order valence-corrected chi connectivity index (χ3v) is 10.5. The van der Waals surface area contributed by atoms with Gasteiger partial charge in [-0.1, -0.05) is 53.6 Å². The van der Waals surface area contributed by atoms with Crippen LogP contribution >= 0.6 is 11.6 Å². The number of hydrogen-bond donors (Lipinski definition) is 0. The van der Waals surface area contributed by atoms with Gasteiger partial charge in [0.15, 0.2) is 24.4 Å². The molecule has 0 saturated carbocycles. The number of cyclic esters (lactones) is 4. The number of esters is 4. The van der Waals surface area contributed by atoms with Gasteiger partial charge in [-0.05, 0) is 71.7 Å². The Bertz CT molecular complexity index is 1760. The highest BCUT2D eigenvalue weighted by Crippen LogP contribution is 2.19. The number of rotatable bonds is 4. The first kappa shape index (κ1) is 46.9. The molecule has 2 aromatic carbocycles. The Hall–Kier alpha value is -5.51. The minimum atomic E-state index is -1.52. The number of carbonyl (C=O) groups is 8. The molecule has 17 heteroatoms. The predicted octanol–water partition coefficient (Wildman–Crippen LogP) is 2.52. The van der Waals surface area contributed by atoms with Crippen LogP contribution in [0, 0.1) is 6.92 Å². The third-order valence-electron chi connectivity index (χ3n) is 10.2. The fraction of sp³-hybridized carbons (Fsp3) is 0.512. The average Bonchev–Trinajstić information content (AvgIpc) is 3.19. The lowest BCUT2D eigenvalue weighted by molar-refractivity contribution is -0.174. The van der Waals surface area contributed by atoms with Crippen molar-refractivity contribution in [2.45, 2.75) is 110 Å². The van der Waals surface area contributed by atoms with E-state index < -0.39 is 96.1 Å². The van der Waals surface area contributed by atoms with Gasteiger partial charge in [0, 0.05) is 46.1 Å². The zero-order chi connectivity index (χ0) is 43.8. The molecule has 16 nitrogen and oxygen atoms in total. The molecule has 0 aromatic heterocycles. The van der Waals surface area contributed by atoms with Crippen LogP contribution in [-0.2, 0) is 70.1 Å². The Morgan fingerprint density at radius 2 is 0.810 bits per heavy atom. The van der Waals surface area contributed by atoms with E-state index in [2.05, 4.69) is 0 Å². The van der Waals surface area contributed by atoms with Crippen molar-refractivity contribution in [3.63, 3.8) is 0 Å². The number of nitrogens with zero attached hydrogens (tertiary/aromatic N) is 4. The van der Waals surface area contributed by atoms with Crippen LogP contribution in [0.2, 0.25) is 5.02 Å². The van der Waals surface area contributed by atoms with Gasteiger partial charge < -0.3 is 38.5 Å². The van der Waals surface area contributed by atoms with E-state index >= 15 is 0 Å². The molecule has 1 aliphatic heterocycles. The maximum Gasteiger partial charge on any atom is 0.329 e. The molecule has 4 amide bonds. The number of carbonyl (C=O) groups excluding carboxylic acids is 8. The van der Waals surface area contributed by atoms with Crippen molar-refractivity contribution in [2.75, 3.05) is 28.2 Å². The van der Waals surface area contributed by atoms with E-state index in [-0.39, 0.29) is 12.8 Å². The minimum Gasteiger partial charge on any atom is -0.451 e. The Morgan fingerprint density at radius 1 is 0.483 bits per heavy atom. The monoisotopic (exact) mass is 828 g/mol. The molecule has 58 heavy (non-hydrogen) atoms. The van der Waals surface area contributed by atoms with Gasteiger partial charge in [0.25, 0.3) is 23.6 Å². The number of benzene rings is 2. The smallest absolute Gasteiger partial charge is 0.329 e. The lowest BCUT2D eigenvalue weighted by Crippen LogP contribution is -2.53. The number of amides is 4. The van der Waals surface area contributed by atoms with Crippen LogP contribution < -0.4 is 0 Å². The molecule has 1 fully saturated rings. The number of likely N-dealkylation sites (N-methyl/N-ethyl adjacent to an activating group) is 4. The summed E-state index contributed by atoms with van der Waals surface area (Å²) in [7, 11) is 5.17. The van der Waals surface area contributed by atoms with Crippen LogP contribution in [0.5, 0.6) is 0 Å². The van der Waals surface area contributed by atoms with Crippen LogP contribution in [0.25, 0.3) is 0 Å². The SMILES string of the molecule is Cc1cccc(CC2OC(=O)C(C)N(C)C(=O)C(C)OC(=O)C(C)N(C)C(=O)C(Cc3cccc(Cl)c3)OC(=O)C(C)N(C)C(=O)C(C)OC(=O)C(C)N(C)C2=O)c1. The summed E-state index contributed by atoms with van der Waals surface area (Å²) in [5.74, 6) is -7.08. The summed E-state index contributed by atoms with van der Waals surface area (Å²) in [5.41, 5.74) is 2.04. The van der Waals surface area contributed by atoms with Crippen molar-refractivity contribution in [1.29, 1.82) is 0 Å². The first-order chi connectivity index (χ1) is 27.0. The molecule has 0 bridgehead atoms. The maximum absolute atomic E-state index is 13.9. The maximum atomic E-state index is 13.9. The highest BCUT2D eigenvalue weighted by Gasteiger charge is 2.39. The fourth-order valence-corrected chi connectivity index (χ4v) is 6.05. The normalized spacial score (nSPS) is 27.1. The molecule has 2 aromatic rings. The van der Waals surface area contributed by atoms with Gasteiger partial charge in [0.1, 0.15) is 24.2 Å². The van der Waals surface area contributed by atoms with Gasteiger partial charge in [0.2, 0.25) is 0 Å². The predicted molar refractivity (Wildman–Crippen MR) is 210 cm³/mol. The zero-order valence-corrected chi connectivity index (χ0v) is 35.5. The van der Waals surface area contributed by atoms with E-state index in [1.54, 1.807) is 42.5 Å². The van der Waals surface area contributed by atoms with E-state index in [0.717, 1.165) is 25.2 Å². The summed E-state index contributed by atoms with van der Waals surface area (Å²) in [6.07, 6.45) is -6.12. The summed E-state index contributed by atoms with van der Waals surface area (Å²) >= 11 is 6.17. The molecule has 0 radical (unpaired) electrons. The Labute approximate surface area is 343 Å². The standard InChI is InChI=1S/C41H53ClN4O12/c1-22-14-12-15-29(18-22)20-32-36(49)45(10)23(2)38(51)55-28(7)35(48)44(9)26(5)41(54)58-33(21-30-16-13-17-31(42)19-30)37(50)46(11)24(3)39(52)56-27(6)34(47)43(8)25(4)40(53)57-32/h12-19,23-28,32-33H,20-21H2,1-11H3. The summed E-state index contributed by atoms with van der Waals surface area (Å²) in [6, 6.07) is 8.46. The number of hydrogen-bond acceptors (Lipinski definition) is 12. The van der Waals surface area contributed by atoms with Gasteiger partial charge in [-0.2, -0.15) is 0 Å². The number of ether oxygens (including phenoxy) is 4. The van der Waals surface area contributed by atoms with Crippen LogP contribution in [0.4, 0.5) is 0 Å². The van der Waals surface area contributed by atoms with E-state index in [9.17, 15) is 38.4 Å². The van der Waals surface area contributed by atoms with Crippen molar-refractivity contribution < 1.29 is 57.3 Å². The van der Waals surface area contributed by atoms with Gasteiger partial charge in [0.05, 0.1) is 0 Å². The molecule has 0 aliphatic carbocycles. The van der Waals surface area contributed by atoms with Crippen LogP contribution in [0.15, 0.2) is 48.5 Å². The summed E-state index contributed by atoms with van der Waals surface area (Å²) in [6.45, 7) is 9.85. The van der Waals surface area contributed by atoms with Gasteiger partial charge in [-0.15, -0.1) is 0 Å². The lowest BCUT2D eigenvalue weighted by atomic mass is 10.0. The second kappa shape index (κ2) is 20.3. The van der Waals surface area contributed by atoms with Crippen LogP contribution in [-0.4, -0.2) is 144 Å². The molecule has 1 saturated heterocycles. The molecule has 3 rings (SSSR count). The minimum absolute atomic E-state index is 0.0888. The Morgan fingerprint density at radius 3 is 1.17 bits per heavy atom. The van der Waals surface area contributed by atoms with Gasteiger partial charge >= 0.3 is 23.9 Å². The second-order valence-electron chi connectivity index (χ2n) is 14.5. The number of aryl methyl sites for hydroxylation is 1. The van der Waals surface area contributed by atoms with E-state index in [1.165, 1.54) is 69.7 Å². The highest BCUT2D eigenvalue weighted by atomic mass is 35.5. The summed E-state index contributed by atoms with van der Waals surface area (Å²) in [5, 5.41) is 0.353.